The Morgan fingerprint density at radius 3 is 1.47 bits per heavy atom. The minimum atomic E-state index is -1.17. The van der Waals surface area contributed by atoms with Gasteiger partial charge in [0.1, 0.15) is 0 Å². The predicted molar refractivity (Wildman–Crippen MR) is 77.5 cm³/mol. The van der Waals surface area contributed by atoms with E-state index in [1.807, 2.05) is 60.7 Å². The Kier molecular flexibility index (Phi) is 7.68. The van der Waals surface area contributed by atoms with Crippen molar-refractivity contribution in [1.29, 1.82) is 0 Å². The van der Waals surface area contributed by atoms with Crippen molar-refractivity contribution in [3.05, 3.63) is 71.8 Å². The number of rotatable bonds is 4. The summed E-state index contributed by atoms with van der Waals surface area (Å²) in [6.45, 7) is 0. The zero-order valence-electron chi connectivity index (χ0n) is 10.6. The van der Waals surface area contributed by atoms with Crippen LogP contribution in [0.15, 0.2) is 60.7 Å². The molecule has 2 N–H and O–H groups in total. The number of aliphatic hydroxyl groups is 1. The van der Waals surface area contributed by atoms with Crippen molar-refractivity contribution >= 4 is 8.69 Å². The molecule has 2 rings (SSSR count). The lowest BCUT2D eigenvalue weighted by atomic mass is 10.0. The van der Waals surface area contributed by atoms with Crippen LogP contribution < -0.4 is 0 Å². The number of benzene rings is 2. The Bertz CT molecular complexity index is 418. The summed E-state index contributed by atoms with van der Waals surface area (Å²) in [5.41, 5.74) is 2.37. The molecule has 0 saturated heterocycles. The fourth-order valence-electron chi connectivity index (χ4n) is 1.84. The Labute approximate surface area is 114 Å². The van der Waals surface area contributed by atoms with Crippen molar-refractivity contribution in [1.82, 2.24) is 0 Å². The maximum absolute atomic E-state index is 9.96. The second-order valence-corrected chi connectivity index (χ2v) is 4.31. The van der Waals surface area contributed by atoms with Crippen molar-refractivity contribution in [2.45, 2.75) is 18.9 Å². The van der Waals surface area contributed by atoms with Crippen LogP contribution in [0.2, 0.25) is 0 Å². The van der Waals surface area contributed by atoms with E-state index in [0.29, 0.717) is 0 Å². The molecular formula is C15H18O3P+. The van der Waals surface area contributed by atoms with Crippen LogP contribution in [0, 0.1) is 0 Å². The van der Waals surface area contributed by atoms with Gasteiger partial charge in [0.2, 0.25) is 0 Å². The smallest absolute Gasteiger partial charge is 0.392 e. The van der Waals surface area contributed by atoms with Gasteiger partial charge in [-0.1, -0.05) is 60.7 Å². The summed E-state index contributed by atoms with van der Waals surface area (Å²) < 4.78 is 8.51. The molecule has 3 nitrogen and oxygen atoms in total. The molecule has 0 amide bonds. The third-order valence-electron chi connectivity index (χ3n) is 2.63. The van der Waals surface area contributed by atoms with E-state index in [1.165, 1.54) is 11.1 Å². The summed E-state index contributed by atoms with van der Waals surface area (Å²) in [5.74, 6) is 0. The molecule has 0 fully saturated rings. The first kappa shape index (κ1) is 15.5. The molecule has 100 valence electrons. The van der Waals surface area contributed by atoms with Gasteiger partial charge in [-0.2, -0.15) is 4.89 Å². The summed E-state index contributed by atoms with van der Waals surface area (Å²) in [4.78, 5) is 7.04. The average molecular weight is 277 g/mol. The van der Waals surface area contributed by atoms with E-state index in [0.717, 1.165) is 12.8 Å². The molecule has 1 atom stereocenters. The zero-order chi connectivity index (χ0) is 13.9. The lowest BCUT2D eigenvalue weighted by molar-refractivity contribution is 0.175. The van der Waals surface area contributed by atoms with Gasteiger partial charge in [0.25, 0.3) is 0 Å². The van der Waals surface area contributed by atoms with E-state index in [2.05, 4.69) is 0 Å². The molecule has 0 radical (unpaired) electrons. The standard InChI is InChI=1S/C15H16O.HO2P/c16-15(11-13-7-3-1-4-8-13)12-14-9-5-2-6-10-14;1-3-2/h1-10,15-16H,11-12H2;3H/p+1. The summed E-state index contributed by atoms with van der Waals surface area (Å²) in [6, 6.07) is 20.2. The molecule has 0 bridgehead atoms. The fourth-order valence-corrected chi connectivity index (χ4v) is 1.84. The van der Waals surface area contributed by atoms with E-state index >= 15 is 0 Å². The van der Waals surface area contributed by atoms with Crippen LogP contribution in [0.5, 0.6) is 0 Å². The molecule has 0 aliphatic rings. The van der Waals surface area contributed by atoms with Gasteiger partial charge in [-0.15, -0.1) is 0 Å². The molecule has 19 heavy (non-hydrogen) atoms. The highest BCUT2D eigenvalue weighted by Gasteiger charge is 2.05. The van der Waals surface area contributed by atoms with Gasteiger partial charge in [-0.05, 0) is 28.5 Å². The third-order valence-corrected chi connectivity index (χ3v) is 2.63. The van der Waals surface area contributed by atoms with Crippen LogP contribution in [0.1, 0.15) is 11.1 Å². The Morgan fingerprint density at radius 2 is 1.16 bits per heavy atom. The van der Waals surface area contributed by atoms with Crippen molar-refractivity contribution in [3.63, 3.8) is 0 Å². The molecular weight excluding hydrogens is 259 g/mol. The van der Waals surface area contributed by atoms with Gasteiger partial charge in [0, 0.05) is 0 Å². The lowest BCUT2D eigenvalue weighted by Gasteiger charge is -2.10. The largest absolute Gasteiger partial charge is 0.491 e. The van der Waals surface area contributed by atoms with E-state index in [9.17, 15) is 5.11 Å². The summed E-state index contributed by atoms with van der Waals surface area (Å²) >= 11 is 0. The summed E-state index contributed by atoms with van der Waals surface area (Å²) in [6.07, 6.45) is 1.13. The van der Waals surface area contributed by atoms with E-state index in [4.69, 9.17) is 9.46 Å². The molecule has 0 aromatic heterocycles. The average Bonchev–Trinajstić information content (AvgIpc) is 2.41. The molecule has 0 spiro atoms. The first-order valence-electron chi connectivity index (χ1n) is 6.03. The van der Waals surface area contributed by atoms with Gasteiger partial charge in [-0.3, -0.25) is 0 Å². The molecule has 0 aliphatic carbocycles. The minimum absolute atomic E-state index is 0.301. The van der Waals surface area contributed by atoms with Gasteiger partial charge >= 0.3 is 8.69 Å². The van der Waals surface area contributed by atoms with Crippen LogP contribution in [-0.4, -0.2) is 16.1 Å². The first-order valence-corrected chi connectivity index (χ1v) is 6.89. The Hall–Kier alpha value is -1.54. The third kappa shape index (κ3) is 6.82. The maximum atomic E-state index is 9.96. The normalized spacial score (nSPS) is 10.1. The van der Waals surface area contributed by atoms with Crippen LogP contribution in [-0.2, 0) is 17.4 Å². The van der Waals surface area contributed by atoms with Crippen molar-refractivity contribution in [2.75, 3.05) is 0 Å². The maximum Gasteiger partial charge on any atom is 0.491 e. The van der Waals surface area contributed by atoms with E-state index in [-0.39, 0.29) is 6.10 Å². The molecule has 4 heteroatoms. The monoisotopic (exact) mass is 277 g/mol. The minimum Gasteiger partial charge on any atom is -0.392 e. The fraction of sp³-hybridized carbons (Fsp3) is 0.200. The molecule has 0 heterocycles. The number of aliphatic hydroxyl groups excluding tert-OH is 1. The Balaban J connectivity index is 0.000000550. The molecule has 2 aromatic rings. The summed E-state index contributed by atoms with van der Waals surface area (Å²) in [7, 11) is -1.17. The van der Waals surface area contributed by atoms with Crippen molar-refractivity contribution in [2.24, 2.45) is 0 Å². The van der Waals surface area contributed by atoms with Crippen molar-refractivity contribution in [3.8, 4) is 0 Å². The molecule has 1 unspecified atom stereocenters. The molecule has 2 aromatic carbocycles. The van der Waals surface area contributed by atoms with Crippen LogP contribution in [0.25, 0.3) is 0 Å². The summed E-state index contributed by atoms with van der Waals surface area (Å²) in [5, 5.41) is 9.96. The lowest BCUT2D eigenvalue weighted by Crippen LogP contribution is -2.13. The quantitative estimate of drug-likeness (QED) is 0.845. The van der Waals surface area contributed by atoms with Gasteiger partial charge < -0.3 is 5.11 Å². The highest BCUT2D eigenvalue weighted by atomic mass is 31.1. The van der Waals surface area contributed by atoms with Gasteiger partial charge in [-0.25, -0.2) is 0 Å². The Morgan fingerprint density at radius 1 is 0.842 bits per heavy atom. The van der Waals surface area contributed by atoms with Crippen LogP contribution >= 0.6 is 8.69 Å². The van der Waals surface area contributed by atoms with Gasteiger partial charge in [0.15, 0.2) is 0 Å². The highest BCUT2D eigenvalue weighted by molar-refractivity contribution is 7.16. The van der Waals surface area contributed by atoms with Gasteiger partial charge in [0.05, 0.1) is 6.10 Å². The van der Waals surface area contributed by atoms with Crippen molar-refractivity contribution < 1.29 is 14.6 Å². The second-order valence-electron chi connectivity index (χ2n) is 4.12. The van der Waals surface area contributed by atoms with E-state index in [1.54, 1.807) is 0 Å². The highest BCUT2D eigenvalue weighted by Crippen LogP contribution is 2.08. The SMILES string of the molecule is O=[PH+]O.OC(Cc1ccccc1)Cc1ccccc1. The van der Waals surface area contributed by atoms with Crippen LogP contribution in [0.3, 0.4) is 0 Å². The molecule has 0 aliphatic heterocycles. The molecule has 0 saturated carbocycles. The zero-order valence-corrected chi connectivity index (χ0v) is 11.6. The topological polar surface area (TPSA) is 57.5 Å². The number of hydrogen-bond acceptors (Lipinski definition) is 2. The number of hydrogen-bond donors (Lipinski definition) is 2. The second kappa shape index (κ2) is 9.40. The van der Waals surface area contributed by atoms with E-state index < -0.39 is 8.69 Å². The predicted octanol–water partition coefficient (Wildman–Crippen LogP) is 2.75. The van der Waals surface area contributed by atoms with Crippen LogP contribution in [0.4, 0.5) is 0 Å². The first-order chi connectivity index (χ1) is 9.26.